The number of halogens is 2. The number of para-hydroxylation sites is 1. The molecular formula is C22H13ClFNO2S. The van der Waals surface area contributed by atoms with E-state index >= 15 is 0 Å². The number of imide groups is 1. The lowest BCUT2D eigenvalue weighted by Gasteiger charge is -2.15. The Balaban J connectivity index is 1.83. The average Bonchev–Trinajstić information content (AvgIpc) is 2.95. The Labute approximate surface area is 170 Å². The third kappa shape index (κ3) is 3.35. The number of carbonyl (C=O) groups is 2. The molecule has 0 aliphatic carbocycles. The summed E-state index contributed by atoms with van der Waals surface area (Å²) in [6.45, 7) is 0. The van der Waals surface area contributed by atoms with Gasteiger partial charge in [-0.2, -0.15) is 0 Å². The van der Waals surface area contributed by atoms with Crippen LogP contribution in [-0.4, -0.2) is 11.8 Å². The first kappa shape index (κ1) is 18.5. The van der Waals surface area contributed by atoms with E-state index in [2.05, 4.69) is 0 Å². The lowest BCUT2D eigenvalue weighted by molar-refractivity contribution is -0.119. The third-order valence-electron chi connectivity index (χ3n) is 4.23. The van der Waals surface area contributed by atoms with Gasteiger partial charge < -0.3 is 0 Å². The van der Waals surface area contributed by atoms with E-state index in [9.17, 15) is 14.0 Å². The molecule has 3 aromatic rings. The zero-order chi connectivity index (χ0) is 19.7. The molecule has 0 unspecified atom stereocenters. The number of hydrogen-bond acceptors (Lipinski definition) is 3. The van der Waals surface area contributed by atoms with E-state index in [1.807, 2.05) is 6.07 Å². The Morgan fingerprint density at radius 3 is 2.11 bits per heavy atom. The fourth-order valence-corrected chi connectivity index (χ4v) is 4.06. The van der Waals surface area contributed by atoms with Gasteiger partial charge in [0.25, 0.3) is 11.8 Å². The lowest BCUT2D eigenvalue weighted by atomic mass is 10.1. The van der Waals surface area contributed by atoms with Crippen LogP contribution < -0.4 is 4.90 Å². The van der Waals surface area contributed by atoms with Crippen LogP contribution in [0.3, 0.4) is 0 Å². The summed E-state index contributed by atoms with van der Waals surface area (Å²) in [7, 11) is 0. The Hall–Kier alpha value is -2.89. The molecule has 2 amide bonds. The molecule has 0 aromatic heterocycles. The molecule has 4 rings (SSSR count). The van der Waals surface area contributed by atoms with Gasteiger partial charge >= 0.3 is 0 Å². The highest BCUT2D eigenvalue weighted by Gasteiger charge is 2.41. The van der Waals surface area contributed by atoms with Gasteiger partial charge in [-0.1, -0.05) is 65.8 Å². The first-order chi connectivity index (χ1) is 13.6. The molecule has 0 spiro atoms. The highest BCUT2D eigenvalue weighted by molar-refractivity contribution is 8.04. The first-order valence-electron chi connectivity index (χ1n) is 8.42. The van der Waals surface area contributed by atoms with Crippen molar-refractivity contribution in [2.75, 3.05) is 4.90 Å². The second-order valence-electron chi connectivity index (χ2n) is 6.02. The summed E-state index contributed by atoms with van der Waals surface area (Å²) < 4.78 is 14.3. The molecule has 0 saturated carbocycles. The van der Waals surface area contributed by atoms with Gasteiger partial charge in [-0.25, -0.2) is 9.29 Å². The molecule has 0 atom stereocenters. The van der Waals surface area contributed by atoms with Crippen LogP contribution in [0.4, 0.5) is 10.1 Å². The highest BCUT2D eigenvalue weighted by Crippen LogP contribution is 2.41. The van der Waals surface area contributed by atoms with E-state index in [0.717, 1.165) is 9.80 Å². The number of carbonyl (C=O) groups excluding carboxylic acids is 2. The van der Waals surface area contributed by atoms with Gasteiger partial charge in [0.1, 0.15) is 5.82 Å². The number of thioether (sulfide) groups is 1. The van der Waals surface area contributed by atoms with E-state index in [1.54, 1.807) is 54.6 Å². The van der Waals surface area contributed by atoms with Crippen molar-refractivity contribution in [1.29, 1.82) is 0 Å². The van der Waals surface area contributed by atoms with Crippen molar-refractivity contribution in [3.05, 3.63) is 100 Å². The molecule has 0 radical (unpaired) electrons. The molecule has 3 aromatic carbocycles. The van der Waals surface area contributed by atoms with Crippen molar-refractivity contribution in [2.24, 2.45) is 0 Å². The van der Waals surface area contributed by atoms with Gasteiger partial charge in [-0.05, 0) is 42.0 Å². The fourth-order valence-electron chi connectivity index (χ4n) is 2.94. The number of anilines is 1. The van der Waals surface area contributed by atoms with Crippen molar-refractivity contribution >= 4 is 46.4 Å². The second kappa shape index (κ2) is 7.62. The number of hydrogen-bond donors (Lipinski definition) is 0. The predicted molar refractivity (Wildman–Crippen MR) is 110 cm³/mol. The van der Waals surface area contributed by atoms with Crippen LogP contribution in [0.5, 0.6) is 0 Å². The van der Waals surface area contributed by atoms with Gasteiger partial charge in [0, 0.05) is 9.92 Å². The van der Waals surface area contributed by atoms with E-state index in [-0.39, 0.29) is 16.2 Å². The number of amides is 2. The van der Waals surface area contributed by atoms with Crippen molar-refractivity contribution in [1.82, 2.24) is 0 Å². The summed E-state index contributed by atoms with van der Waals surface area (Å²) in [6.07, 6.45) is 0. The molecule has 0 fully saturated rings. The Bertz CT molecular complexity index is 1100. The maximum atomic E-state index is 14.3. The van der Waals surface area contributed by atoms with Crippen LogP contribution in [0, 0.1) is 5.82 Å². The minimum Gasteiger partial charge on any atom is -0.268 e. The van der Waals surface area contributed by atoms with Crippen LogP contribution in [0.15, 0.2) is 88.7 Å². The molecule has 28 heavy (non-hydrogen) atoms. The topological polar surface area (TPSA) is 37.4 Å². The van der Waals surface area contributed by atoms with Crippen LogP contribution in [0.2, 0.25) is 5.02 Å². The maximum absolute atomic E-state index is 14.3. The zero-order valence-electron chi connectivity index (χ0n) is 14.4. The third-order valence-corrected chi connectivity index (χ3v) is 5.57. The van der Waals surface area contributed by atoms with Gasteiger partial charge in [0.2, 0.25) is 0 Å². The van der Waals surface area contributed by atoms with E-state index < -0.39 is 17.6 Å². The SMILES string of the molecule is O=C1C(Sc2ccc(Cl)cc2)=C(c2ccccc2)C(=O)N1c1ccccc1F. The minimum absolute atomic E-state index is 0.0577. The molecule has 1 heterocycles. The summed E-state index contributed by atoms with van der Waals surface area (Å²) in [5.74, 6) is -1.72. The molecule has 6 heteroatoms. The van der Waals surface area contributed by atoms with E-state index in [1.165, 1.54) is 30.0 Å². The van der Waals surface area contributed by atoms with Crippen molar-refractivity contribution in [2.45, 2.75) is 4.90 Å². The van der Waals surface area contributed by atoms with Crippen LogP contribution in [0.25, 0.3) is 5.57 Å². The first-order valence-corrected chi connectivity index (χ1v) is 9.62. The smallest absolute Gasteiger partial charge is 0.268 e. The summed E-state index contributed by atoms with van der Waals surface area (Å²) >= 11 is 7.10. The van der Waals surface area contributed by atoms with Crippen LogP contribution >= 0.6 is 23.4 Å². The molecule has 1 aliphatic heterocycles. The predicted octanol–water partition coefficient (Wildman–Crippen LogP) is 5.56. The Kier molecular flexibility index (Phi) is 5.03. The lowest BCUT2D eigenvalue weighted by Crippen LogP contribution is -2.32. The molecule has 0 saturated heterocycles. The largest absolute Gasteiger partial charge is 0.273 e. The highest BCUT2D eigenvalue weighted by atomic mass is 35.5. The summed E-state index contributed by atoms with van der Waals surface area (Å²) in [4.78, 5) is 28.2. The van der Waals surface area contributed by atoms with Gasteiger partial charge in [0.15, 0.2) is 0 Å². The number of nitrogens with zero attached hydrogens (tertiary/aromatic N) is 1. The molecule has 3 nitrogen and oxygen atoms in total. The van der Waals surface area contributed by atoms with E-state index in [4.69, 9.17) is 11.6 Å². The van der Waals surface area contributed by atoms with Crippen LogP contribution in [0.1, 0.15) is 5.56 Å². The Morgan fingerprint density at radius 2 is 1.43 bits per heavy atom. The fraction of sp³-hybridized carbons (Fsp3) is 0. The summed E-state index contributed by atoms with van der Waals surface area (Å²) in [5.41, 5.74) is 0.808. The average molecular weight is 410 g/mol. The van der Waals surface area contributed by atoms with Gasteiger partial charge in [0.05, 0.1) is 16.2 Å². The summed E-state index contributed by atoms with van der Waals surface area (Å²) in [5, 5.41) is 0.573. The molecule has 1 aliphatic rings. The maximum Gasteiger partial charge on any atom is 0.273 e. The summed E-state index contributed by atoms with van der Waals surface area (Å²) in [6, 6.07) is 21.6. The van der Waals surface area contributed by atoms with Crippen molar-refractivity contribution in [3.63, 3.8) is 0 Å². The molecule has 0 bridgehead atoms. The van der Waals surface area contributed by atoms with Gasteiger partial charge in [-0.15, -0.1) is 0 Å². The number of benzene rings is 3. The standard InChI is InChI=1S/C22H13ClFNO2S/c23-15-10-12-16(13-11-15)28-20-19(14-6-2-1-3-7-14)21(26)25(22(20)27)18-9-5-4-8-17(18)24/h1-13H. The minimum atomic E-state index is -0.630. The van der Waals surface area contributed by atoms with Crippen molar-refractivity contribution in [3.8, 4) is 0 Å². The van der Waals surface area contributed by atoms with E-state index in [0.29, 0.717) is 10.6 Å². The molecular weight excluding hydrogens is 397 g/mol. The monoisotopic (exact) mass is 409 g/mol. The van der Waals surface area contributed by atoms with Crippen molar-refractivity contribution < 1.29 is 14.0 Å². The quantitative estimate of drug-likeness (QED) is 0.530. The number of rotatable bonds is 4. The zero-order valence-corrected chi connectivity index (χ0v) is 16.0. The molecule has 138 valence electrons. The normalized spacial score (nSPS) is 14.1. The Morgan fingerprint density at radius 1 is 0.786 bits per heavy atom. The second-order valence-corrected chi connectivity index (χ2v) is 7.54. The molecule has 0 N–H and O–H groups in total. The van der Waals surface area contributed by atoms with Crippen LogP contribution in [-0.2, 0) is 9.59 Å². The van der Waals surface area contributed by atoms with Gasteiger partial charge in [-0.3, -0.25) is 9.59 Å².